The molecule has 12 radical (unpaired) electrons. The maximum atomic E-state index is 12.4. The molecule has 0 amide bonds. The Morgan fingerprint density at radius 1 is 1.00 bits per heavy atom. The number of hydrogen-bond acceptors (Lipinski definition) is 2. The minimum Gasteiger partial charge on any atom is -0.316 e. The summed E-state index contributed by atoms with van der Waals surface area (Å²) in [6.45, 7) is 0. The summed E-state index contributed by atoms with van der Waals surface area (Å²) in [5, 5.41) is -1.56. The largest absolute Gasteiger partial charge is 0.316 e. The van der Waals surface area contributed by atoms with Gasteiger partial charge in [0.05, 0.1) is 21.2 Å². The summed E-state index contributed by atoms with van der Waals surface area (Å²) in [4.78, 5) is 12.4. The summed E-state index contributed by atoms with van der Waals surface area (Å²) < 4.78 is 0. The summed E-state index contributed by atoms with van der Waals surface area (Å²) >= 11 is 6.21. The first-order chi connectivity index (χ1) is 9.55. The molecule has 92 valence electrons. The molecule has 1 aliphatic carbocycles. The third-order valence-electron chi connectivity index (χ3n) is 4.16. The van der Waals surface area contributed by atoms with Crippen LogP contribution in [0.25, 0.3) is 0 Å². The molecule has 2 rings (SSSR count). The molecular formula is C12H8B6ClNO. The summed E-state index contributed by atoms with van der Waals surface area (Å²) in [6, 6.07) is 0. The summed E-state index contributed by atoms with van der Waals surface area (Å²) in [7, 11) is 35.4. The standard InChI is InChI=1S/C12H8B6ClNO/c13-6-5(10(19)9(16)8(15)7(6)14)12(20)4(21)2-1-3-11(12,17)18/h1-3,20H2. The summed E-state index contributed by atoms with van der Waals surface area (Å²) in [5.41, 5.74) is 4.56. The Morgan fingerprint density at radius 2 is 1.52 bits per heavy atom. The van der Waals surface area contributed by atoms with E-state index in [9.17, 15) is 4.79 Å². The van der Waals surface area contributed by atoms with Crippen LogP contribution in [0, 0.1) is 0 Å². The van der Waals surface area contributed by atoms with Crippen LogP contribution in [0.2, 0.25) is 10.2 Å². The second-order valence-corrected chi connectivity index (χ2v) is 5.85. The van der Waals surface area contributed by atoms with E-state index >= 15 is 0 Å². The molecule has 0 spiro atoms. The van der Waals surface area contributed by atoms with E-state index in [1.165, 1.54) is 0 Å². The predicted molar refractivity (Wildman–Crippen MR) is 91.9 cm³/mol. The highest BCUT2D eigenvalue weighted by Crippen LogP contribution is 2.48. The monoisotopic (exact) mass is 283 g/mol. The number of rotatable bonds is 1. The first kappa shape index (κ1) is 16.9. The van der Waals surface area contributed by atoms with Gasteiger partial charge in [-0.15, -0.1) is 10.9 Å². The van der Waals surface area contributed by atoms with Crippen LogP contribution < -0.4 is 27.6 Å². The van der Waals surface area contributed by atoms with Crippen LogP contribution in [0.4, 0.5) is 0 Å². The molecule has 1 saturated carbocycles. The molecule has 1 aromatic carbocycles. The molecule has 0 saturated heterocycles. The smallest absolute Gasteiger partial charge is 0.156 e. The quantitative estimate of drug-likeness (QED) is 0.554. The molecule has 1 atom stereocenters. The van der Waals surface area contributed by atoms with E-state index in [-0.39, 0.29) is 44.6 Å². The Balaban J connectivity index is 2.85. The van der Waals surface area contributed by atoms with E-state index in [0.717, 1.165) is 0 Å². The molecule has 2 N–H and O–H groups in total. The fourth-order valence-corrected chi connectivity index (χ4v) is 3.10. The zero-order chi connectivity index (χ0) is 16.2. The fourth-order valence-electron chi connectivity index (χ4n) is 2.75. The highest BCUT2D eigenvalue weighted by molar-refractivity contribution is 6.66. The van der Waals surface area contributed by atoms with Gasteiger partial charge in [-0.25, -0.2) is 0 Å². The second kappa shape index (κ2) is 5.31. The lowest BCUT2D eigenvalue weighted by Gasteiger charge is -2.49. The second-order valence-electron chi connectivity index (χ2n) is 5.47. The van der Waals surface area contributed by atoms with E-state index in [4.69, 9.17) is 64.4 Å². The van der Waals surface area contributed by atoms with Crippen molar-refractivity contribution in [2.24, 2.45) is 5.73 Å². The van der Waals surface area contributed by atoms with Crippen molar-refractivity contribution in [3.63, 3.8) is 0 Å². The molecule has 0 heterocycles. The minimum absolute atomic E-state index is 0.00244. The molecular weight excluding hydrogens is 274 g/mol. The van der Waals surface area contributed by atoms with Gasteiger partial charge >= 0.3 is 0 Å². The molecule has 2 nitrogen and oxygen atoms in total. The molecule has 1 fully saturated rings. The number of carbonyl (C=O) groups excluding carboxylic acids is 1. The molecule has 1 aromatic rings. The topological polar surface area (TPSA) is 43.1 Å². The van der Waals surface area contributed by atoms with Crippen LogP contribution in [0.1, 0.15) is 24.8 Å². The average Bonchev–Trinajstić information content (AvgIpc) is 2.41. The first-order valence-corrected chi connectivity index (χ1v) is 6.75. The zero-order valence-electron chi connectivity index (χ0n) is 11.4. The van der Waals surface area contributed by atoms with Gasteiger partial charge in [0.15, 0.2) is 5.78 Å². The van der Waals surface area contributed by atoms with Gasteiger partial charge < -0.3 is 5.73 Å². The molecule has 21 heavy (non-hydrogen) atoms. The molecule has 0 aromatic heterocycles. The molecule has 1 unspecified atom stereocenters. The number of Topliss-reactive ketones (excluding diaryl/α,β-unsaturated/α-hetero) is 1. The molecule has 0 bridgehead atoms. The third-order valence-corrected chi connectivity index (χ3v) is 4.55. The van der Waals surface area contributed by atoms with Gasteiger partial charge in [0.2, 0.25) is 0 Å². The van der Waals surface area contributed by atoms with E-state index in [2.05, 4.69) is 0 Å². The lowest BCUT2D eigenvalue weighted by atomic mass is 9.38. The van der Waals surface area contributed by atoms with Crippen molar-refractivity contribution in [2.45, 2.75) is 30.0 Å². The van der Waals surface area contributed by atoms with Crippen LogP contribution in [0.3, 0.4) is 0 Å². The van der Waals surface area contributed by atoms with Crippen LogP contribution in [-0.4, -0.2) is 52.9 Å². The number of benzene rings is 1. The van der Waals surface area contributed by atoms with Crippen molar-refractivity contribution >= 4 is 86.3 Å². The van der Waals surface area contributed by atoms with Crippen LogP contribution in [0.5, 0.6) is 0 Å². The van der Waals surface area contributed by atoms with E-state index < -0.39 is 10.8 Å². The van der Waals surface area contributed by atoms with Crippen LogP contribution in [0.15, 0.2) is 0 Å². The number of hydrogen-bond donors (Lipinski definition) is 1. The van der Waals surface area contributed by atoms with Crippen LogP contribution in [-0.2, 0) is 10.3 Å². The SMILES string of the molecule is [B]c1c([B])c([B])c(C2(N)C(=O)CCCC2([B])[B])c(Cl)c1[B]. The van der Waals surface area contributed by atoms with Crippen molar-refractivity contribution in [3.8, 4) is 0 Å². The van der Waals surface area contributed by atoms with Gasteiger partial charge in [-0.05, 0) is 12.0 Å². The Hall–Kier alpha value is -0.470. The van der Waals surface area contributed by atoms with Crippen molar-refractivity contribution in [2.75, 3.05) is 0 Å². The number of nitrogens with two attached hydrogens (primary N) is 1. The van der Waals surface area contributed by atoms with Gasteiger partial charge in [-0.3, -0.25) is 4.79 Å². The Bertz CT molecular complexity index is 606. The normalized spacial score (nSPS) is 25.0. The number of carbonyl (C=O) groups is 1. The molecule has 1 aliphatic rings. The van der Waals surface area contributed by atoms with Gasteiger partial charge in [-0.2, -0.15) is 0 Å². The van der Waals surface area contributed by atoms with Gasteiger partial charge in [0, 0.05) is 11.4 Å². The van der Waals surface area contributed by atoms with Crippen LogP contribution >= 0.6 is 11.6 Å². The maximum Gasteiger partial charge on any atom is 0.156 e. The van der Waals surface area contributed by atoms with Gasteiger partial charge in [0.25, 0.3) is 0 Å². The molecule has 0 aliphatic heterocycles. The summed E-state index contributed by atoms with van der Waals surface area (Å²) in [6.07, 6.45) is 1.07. The van der Waals surface area contributed by atoms with Crippen molar-refractivity contribution in [1.29, 1.82) is 0 Å². The Morgan fingerprint density at radius 3 is 2.05 bits per heavy atom. The predicted octanol–water partition coefficient (Wildman–Crippen LogP) is -3.12. The first-order valence-electron chi connectivity index (χ1n) is 6.37. The lowest BCUT2D eigenvalue weighted by molar-refractivity contribution is -0.126. The lowest BCUT2D eigenvalue weighted by Crippen LogP contribution is -2.62. The number of halogens is 1. The fraction of sp³-hybridized carbons (Fsp3) is 0.417. The van der Waals surface area contributed by atoms with Gasteiger partial charge in [-0.1, -0.05) is 34.2 Å². The number of ketones is 1. The third kappa shape index (κ3) is 2.26. The van der Waals surface area contributed by atoms with E-state index in [1.807, 2.05) is 0 Å². The van der Waals surface area contributed by atoms with Crippen molar-refractivity contribution in [3.05, 3.63) is 10.6 Å². The van der Waals surface area contributed by atoms with E-state index in [1.54, 1.807) is 0 Å². The highest BCUT2D eigenvalue weighted by Gasteiger charge is 2.51. The average molecular weight is 283 g/mol. The van der Waals surface area contributed by atoms with Gasteiger partial charge in [0.1, 0.15) is 31.4 Å². The van der Waals surface area contributed by atoms with E-state index in [0.29, 0.717) is 12.8 Å². The zero-order valence-corrected chi connectivity index (χ0v) is 12.2. The van der Waals surface area contributed by atoms with Crippen molar-refractivity contribution < 1.29 is 4.79 Å². The Kier molecular flexibility index (Phi) is 4.27. The Labute approximate surface area is 137 Å². The molecule has 9 heteroatoms. The summed E-state index contributed by atoms with van der Waals surface area (Å²) in [5.74, 6) is -0.365. The maximum absolute atomic E-state index is 12.4. The van der Waals surface area contributed by atoms with Crippen molar-refractivity contribution in [1.82, 2.24) is 0 Å². The minimum atomic E-state index is -1.78. The highest BCUT2D eigenvalue weighted by atomic mass is 35.5.